The van der Waals surface area contributed by atoms with Gasteiger partial charge < -0.3 is 15.7 Å². The predicted octanol–water partition coefficient (Wildman–Crippen LogP) is 2.19. The first-order valence-corrected chi connectivity index (χ1v) is 11.4. The number of aryl methyl sites for hydroxylation is 2. The number of anilines is 1. The van der Waals surface area contributed by atoms with Crippen molar-refractivity contribution in [3.05, 3.63) is 53.2 Å². The number of amides is 1. The first kappa shape index (κ1) is 22.6. The number of nitrogens with two attached hydrogens (primary N) is 1. The first-order valence-electron chi connectivity index (χ1n) is 11.4. The second-order valence-corrected chi connectivity index (χ2v) is 9.16. The molecule has 2 atom stereocenters. The van der Waals surface area contributed by atoms with E-state index < -0.39 is 12.0 Å². The molecule has 2 heterocycles. The quantitative estimate of drug-likeness (QED) is 0.619. The van der Waals surface area contributed by atoms with Gasteiger partial charge in [-0.05, 0) is 57.1 Å². The highest BCUT2D eigenvalue weighted by Gasteiger charge is 2.33. The summed E-state index contributed by atoms with van der Waals surface area (Å²) < 4.78 is 15.4. The minimum absolute atomic E-state index is 0.0454. The fourth-order valence-corrected chi connectivity index (χ4v) is 4.49. The zero-order valence-electron chi connectivity index (χ0n) is 18.6. The van der Waals surface area contributed by atoms with Gasteiger partial charge in [-0.1, -0.05) is 29.8 Å². The third kappa shape index (κ3) is 5.61. The highest BCUT2D eigenvalue weighted by Crippen LogP contribution is 2.34. The van der Waals surface area contributed by atoms with Crippen molar-refractivity contribution >= 4 is 11.7 Å². The lowest BCUT2D eigenvalue weighted by molar-refractivity contribution is -0.120. The summed E-state index contributed by atoms with van der Waals surface area (Å²) in [5.41, 5.74) is 7.98. The summed E-state index contributed by atoms with van der Waals surface area (Å²) in [4.78, 5) is 23.6. The van der Waals surface area contributed by atoms with Crippen molar-refractivity contribution in [1.82, 2.24) is 14.9 Å². The van der Waals surface area contributed by atoms with Gasteiger partial charge in [-0.25, -0.2) is 14.4 Å². The number of carbonyl (C=O) groups excluding carboxylic acids is 1. The third-order valence-corrected chi connectivity index (χ3v) is 6.51. The van der Waals surface area contributed by atoms with Crippen LogP contribution in [0.5, 0.6) is 0 Å². The molecular formula is C24H32FN5O2. The fraction of sp³-hybridized carbons (Fsp3) is 0.542. The van der Waals surface area contributed by atoms with E-state index in [1.165, 1.54) is 11.9 Å². The Morgan fingerprint density at radius 1 is 1.25 bits per heavy atom. The topological polar surface area (TPSA) is 95.6 Å². The maximum Gasteiger partial charge on any atom is 0.231 e. The number of piperidine rings is 1. The predicted molar refractivity (Wildman–Crippen MR) is 120 cm³/mol. The molecule has 32 heavy (non-hydrogen) atoms. The number of carbonyl (C=O) groups is 1. The number of halogens is 1. The van der Waals surface area contributed by atoms with Gasteiger partial charge in [-0.3, -0.25) is 9.69 Å². The zero-order chi connectivity index (χ0) is 22.7. The molecule has 4 rings (SSSR count). The van der Waals surface area contributed by atoms with Crippen molar-refractivity contribution in [2.24, 2.45) is 11.7 Å². The normalized spacial score (nSPS) is 21.5. The van der Waals surface area contributed by atoms with E-state index >= 15 is 4.39 Å². The summed E-state index contributed by atoms with van der Waals surface area (Å²) >= 11 is 0. The molecule has 1 amide bonds. The van der Waals surface area contributed by atoms with E-state index in [1.54, 1.807) is 0 Å². The maximum atomic E-state index is 15.4. The molecular weight excluding hydrogens is 409 g/mol. The molecule has 1 aliphatic heterocycles. The average molecular weight is 442 g/mol. The Bertz CT molecular complexity index is 934. The molecule has 7 nitrogen and oxygen atoms in total. The van der Waals surface area contributed by atoms with E-state index in [9.17, 15) is 9.90 Å². The highest BCUT2D eigenvalue weighted by atomic mass is 19.1. The maximum absolute atomic E-state index is 15.4. The van der Waals surface area contributed by atoms with Crippen LogP contribution in [0.15, 0.2) is 30.6 Å². The smallest absolute Gasteiger partial charge is 0.231 e. The number of aliphatic hydroxyl groups is 1. The summed E-state index contributed by atoms with van der Waals surface area (Å²) in [7, 11) is 0. The number of hydrogen-bond donors (Lipinski definition) is 2. The lowest BCUT2D eigenvalue weighted by atomic mass is 9.89. The summed E-state index contributed by atoms with van der Waals surface area (Å²) in [6.07, 6.45) is 4.81. The Kier molecular flexibility index (Phi) is 7.01. The van der Waals surface area contributed by atoms with Crippen molar-refractivity contribution in [1.29, 1.82) is 0 Å². The number of nitrogens with zero attached hydrogens (tertiary/aromatic N) is 4. The van der Waals surface area contributed by atoms with Crippen molar-refractivity contribution < 1.29 is 14.3 Å². The fourth-order valence-electron chi connectivity index (χ4n) is 4.49. The van der Waals surface area contributed by atoms with Crippen LogP contribution in [0.4, 0.5) is 10.2 Å². The van der Waals surface area contributed by atoms with Crippen molar-refractivity contribution in [2.75, 3.05) is 24.5 Å². The van der Waals surface area contributed by atoms with Crippen LogP contribution in [-0.4, -0.2) is 57.7 Å². The number of aliphatic hydroxyl groups excluding tert-OH is 1. The molecule has 1 saturated heterocycles. The van der Waals surface area contributed by atoms with E-state index in [0.29, 0.717) is 50.0 Å². The van der Waals surface area contributed by atoms with Crippen molar-refractivity contribution in [3.8, 4) is 0 Å². The minimum atomic E-state index is -0.558. The molecule has 2 aliphatic rings. The van der Waals surface area contributed by atoms with Crippen LogP contribution in [0.2, 0.25) is 0 Å². The highest BCUT2D eigenvalue weighted by molar-refractivity contribution is 5.75. The van der Waals surface area contributed by atoms with Crippen LogP contribution in [0, 0.1) is 18.7 Å². The number of β-amino-alcohol motifs (C(OH)–C–C–N with tert-alkyl or cyclic N) is 1. The summed E-state index contributed by atoms with van der Waals surface area (Å²) in [5.74, 6) is -0.330. The van der Waals surface area contributed by atoms with Gasteiger partial charge in [0.05, 0.1) is 18.3 Å². The lowest BCUT2D eigenvalue weighted by Crippen LogP contribution is -2.46. The molecule has 8 heteroatoms. The summed E-state index contributed by atoms with van der Waals surface area (Å²) in [6.45, 7) is 3.95. The minimum Gasteiger partial charge on any atom is -0.392 e. The largest absolute Gasteiger partial charge is 0.392 e. The van der Waals surface area contributed by atoms with Crippen molar-refractivity contribution in [2.45, 2.75) is 57.7 Å². The van der Waals surface area contributed by atoms with Crippen LogP contribution in [-0.2, 0) is 17.8 Å². The number of aromatic nitrogens is 2. The molecule has 1 saturated carbocycles. The second kappa shape index (κ2) is 9.92. The Labute approximate surface area is 188 Å². The van der Waals surface area contributed by atoms with Gasteiger partial charge in [-0.2, -0.15) is 0 Å². The molecule has 0 radical (unpaired) electrons. The Balaban J connectivity index is 1.41. The van der Waals surface area contributed by atoms with Crippen LogP contribution in [0.25, 0.3) is 0 Å². The number of likely N-dealkylation sites (tertiary alicyclic amines) is 1. The van der Waals surface area contributed by atoms with E-state index in [2.05, 4.69) is 46.1 Å². The van der Waals surface area contributed by atoms with Crippen LogP contribution < -0.4 is 10.6 Å². The van der Waals surface area contributed by atoms with E-state index in [0.717, 1.165) is 24.8 Å². The number of hydrogen-bond acceptors (Lipinski definition) is 6. The Morgan fingerprint density at radius 2 is 2.00 bits per heavy atom. The van der Waals surface area contributed by atoms with Gasteiger partial charge >= 0.3 is 0 Å². The lowest BCUT2D eigenvalue weighted by Gasteiger charge is -2.35. The molecule has 172 valence electrons. The monoisotopic (exact) mass is 441 g/mol. The van der Waals surface area contributed by atoms with Gasteiger partial charge in [-0.15, -0.1) is 0 Å². The van der Waals surface area contributed by atoms with Crippen LogP contribution >= 0.6 is 0 Å². The van der Waals surface area contributed by atoms with Gasteiger partial charge in [0.1, 0.15) is 6.33 Å². The average Bonchev–Trinajstić information content (AvgIpc) is 3.59. The molecule has 1 aromatic heterocycles. The van der Waals surface area contributed by atoms with E-state index in [4.69, 9.17) is 5.73 Å². The van der Waals surface area contributed by atoms with Crippen LogP contribution in [0.1, 0.15) is 42.5 Å². The molecule has 2 fully saturated rings. The van der Waals surface area contributed by atoms with E-state index in [1.807, 2.05) is 4.90 Å². The molecule has 1 aliphatic carbocycles. The number of primary amides is 1. The molecule has 0 bridgehead atoms. The first-order chi connectivity index (χ1) is 15.4. The second-order valence-electron chi connectivity index (χ2n) is 9.16. The Morgan fingerprint density at radius 3 is 2.66 bits per heavy atom. The zero-order valence-corrected chi connectivity index (χ0v) is 18.6. The molecule has 3 N–H and O–H groups in total. The van der Waals surface area contributed by atoms with Crippen molar-refractivity contribution in [3.63, 3.8) is 0 Å². The number of benzene rings is 1. The summed E-state index contributed by atoms with van der Waals surface area (Å²) in [6, 6.07) is 8.61. The summed E-state index contributed by atoms with van der Waals surface area (Å²) in [5, 5.41) is 10.5. The van der Waals surface area contributed by atoms with Gasteiger partial charge in [0.15, 0.2) is 11.6 Å². The SMILES string of the molecule is Cc1ccc(CN(c2ncnc(CC[C@H]3CCN(CC(N)=O)C[C@@H]3O)c2F)C2CC2)cc1. The standard InChI is InChI=1S/C24H32FN5O2/c1-16-2-4-17(5-3-16)12-30(19-7-8-19)24-23(25)20(27-15-28-24)9-6-18-10-11-29(13-21(18)31)14-22(26)32/h2-5,15,18-19,21,31H,6-14H2,1H3,(H2,26,32)/t18-,21-/m0/s1. The molecule has 0 spiro atoms. The molecule has 2 aromatic rings. The number of rotatable bonds is 9. The third-order valence-electron chi connectivity index (χ3n) is 6.51. The van der Waals surface area contributed by atoms with Gasteiger partial charge in [0.25, 0.3) is 0 Å². The van der Waals surface area contributed by atoms with Crippen LogP contribution in [0.3, 0.4) is 0 Å². The molecule has 0 unspecified atom stereocenters. The van der Waals surface area contributed by atoms with Gasteiger partial charge in [0.2, 0.25) is 5.91 Å². The van der Waals surface area contributed by atoms with Gasteiger partial charge in [0, 0.05) is 19.1 Å². The van der Waals surface area contributed by atoms with E-state index in [-0.39, 0.29) is 18.3 Å². The molecule has 1 aromatic carbocycles. The Hall–Kier alpha value is -2.58.